The maximum atomic E-state index is 11.0. The van der Waals surface area contributed by atoms with Gasteiger partial charge < -0.3 is 19.3 Å². The van der Waals surface area contributed by atoms with Crippen LogP contribution in [0.3, 0.4) is 0 Å². The molecule has 22 heavy (non-hydrogen) atoms. The number of hydrogen-bond donors (Lipinski definition) is 1. The SMILES string of the molecule is CC(=O)OCc1cc2ccc3c(c2cc1C#CCO)OCO3. The highest BCUT2D eigenvalue weighted by atomic mass is 16.7. The zero-order chi connectivity index (χ0) is 15.5. The lowest BCUT2D eigenvalue weighted by Crippen LogP contribution is -2.01. The summed E-state index contributed by atoms with van der Waals surface area (Å²) in [6.07, 6.45) is 0. The van der Waals surface area contributed by atoms with Crippen LogP contribution in [0.15, 0.2) is 24.3 Å². The Kier molecular flexibility index (Phi) is 3.86. The molecule has 5 nitrogen and oxygen atoms in total. The minimum absolute atomic E-state index is 0.134. The fraction of sp³-hybridized carbons (Fsp3) is 0.235. The largest absolute Gasteiger partial charge is 0.461 e. The molecule has 112 valence electrons. The molecule has 0 amide bonds. The smallest absolute Gasteiger partial charge is 0.302 e. The number of benzene rings is 2. The quantitative estimate of drug-likeness (QED) is 0.678. The van der Waals surface area contributed by atoms with Crippen LogP contribution in [0.5, 0.6) is 11.5 Å². The fourth-order valence-corrected chi connectivity index (χ4v) is 2.34. The predicted molar refractivity (Wildman–Crippen MR) is 79.5 cm³/mol. The van der Waals surface area contributed by atoms with E-state index in [1.165, 1.54) is 6.92 Å². The van der Waals surface area contributed by atoms with Gasteiger partial charge in [0.05, 0.1) is 0 Å². The van der Waals surface area contributed by atoms with Crippen LogP contribution in [-0.2, 0) is 16.1 Å². The van der Waals surface area contributed by atoms with Gasteiger partial charge in [-0.25, -0.2) is 0 Å². The summed E-state index contributed by atoms with van der Waals surface area (Å²) in [6, 6.07) is 7.54. The third kappa shape index (κ3) is 2.69. The van der Waals surface area contributed by atoms with Crippen LogP contribution in [0.4, 0.5) is 0 Å². The van der Waals surface area contributed by atoms with Gasteiger partial charge in [-0.05, 0) is 23.6 Å². The van der Waals surface area contributed by atoms with Crippen molar-refractivity contribution in [1.29, 1.82) is 0 Å². The first-order valence-electron chi connectivity index (χ1n) is 6.77. The lowest BCUT2D eigenvalue weighted by molar-refractivity contribution is -0.142. The molecule has 0 unspecified atom stereocenters. The lowest BCUT2D eigenvalue weighted by atomic mass is 10.0. The number of esters is 1. The zero-order valence-electron chi connectivity index (χ0n) is 12.0. The van der Waals surface area contributed by atoms with E-state index >= 15 is 0 Å². The molecule has 0 bridgehead atoms. The molecule has 5 heteroatoms. The highest BCUT2D eigenvalue weighted by Crippen LogP contribution is 2.40. The highest BCUT2D eigenvalue weighted by Gasteiger charge is 2.18. The van der Waals surface area contributed by atoms with Gasteiger partial charge in [-0.1, -0.05) is 17.9 Å². The Morgan fingerprint density at radius 2 is 2.23 bits per heavy atom. The van der Waals surface area contributed by atoms with E-state index in [0.29, 0.717) is 17.1 Å². The molecule has 0 fully saturated rings. The molecule has 0 aliphatic carbocycles. The van der Waals surface area contributed by atoms with Crippen molar-refractivity contribution in [3.63, 3.8) is 0 Å². The first-order valence-corrected chi connectivity index (χ1v) is 6.77. The second kappa shape index (κ2) is 5.96. The van der Waals surface area contributed by atoms with Gasteiger partial charge >= 0.3 is 5.97 Å². The van der Waals surface area contributed by atoms with Crippen LogP contribution >= 0.6 is 0 Å². The highest BCUT2D eigenvalue weighted by molar-refractivity contribution is 5.93. The van der Waals surface area contributed by atoms with E-state index in [-0.39, 0.29) is 26.0 Å². The Morgan fingerprint density at radius 3 is 3.00 bits per heavy atom. The maximum Gasteiger partial charge on any atom is 0.302 e. The van der Waals surface area contributed by atoms with Crippen molar-refractivity contribution in [1.82, 2.24) is 0 Å². The lowest BCUT2D eigenvalue weighted by Gasteiger charge is -2.09. The molecule has 3 rings (SSSR count). The molecule has 0 saturated carbocycles. The normalized spacial score (nSPS) is 11.9. The Labute approximate surface area is 127 Å². The Balaban J connectivity index is 2.13. The van der Waals surface area contributed by atoms with E-state index in [0.717, 1.165) is 16.3 Å². The number of aliphatic hydroxyl groups is 1. The first kappa shape index (κ1) is 14.2. The number of rotatable bonds is 2. The summed E-state index contributed by atoms with van der Waals surface area (Å²) in [5.74, 6) is 6.53. The minimum Gasteiger partial charge on any atom is -0.461 e. The van der Waals surface area contributed by atoms with Crippen LogP contribution in [-0.4, -0.2) is 24.5 Å². The van der Waals surface area contributed by atoms with E-state index in [4.69, 9.17) is 19.3 Å². The van der Waals surface area contributed by atoms with Gasteiger partial charge in [0.25, 0.3) is 0 Å². The molecule has 1 aliphatic heterocycles. The van der Waals surface area contributed by atoms with Crippen LogP contribution in [0, 0.1) is 11.8 Å². The number of carbonyl (C=O) groups excluding carboxylic acids is 1. The van der Waals surface area contributed by atoms with Gasteiger partial charge in [-0.15, -0.1) is 0 Å². The number of ether oxygens (including phenoxy) is 3. The van der Waals surface area contributed by atoms with Gasteiger partial charge in [0.1, 0.15) is 13.2 Å². The standard InChI is InChI=1S/C17H14O5/c1-11(19)20-9-14-7-13-4-5-16-17(22-10-21-16)15(13)8-12(14)3-2-6-18/h4-5,7-8,18H,6,9-10H2,1H3. The van der Waals surface area contributed by atoms with Gasteiger partial charge in [0, 0.05) is 23.4 Å². The summed E-state index contributed by atoms with van der Waals surface area (Å²) in [6.45, 7) is 1.45. The van der Waals surface area contributed by atoms with E-state index < -0.39 is 0 Å². The molecule has 0 radical (unpaired) electrons. The minimum atomic E-state index is -0.355. The third-order valence-corrected chi connectivity index (χ3v) is 3.31. The number of carbonyl (C=O) groups is 1. The molecule has 0 spiro atoms. The molecule has 2 aromatic carbocycles. The van der Waals surface area contributed by atoms with Crippen molar-refractivity contribution in [2.75, 3.05) is 13.4 Å². The van der Waals surface area contributed by atoms with Crippen LogP contribution in [0.25, 0.3) is 10.8 Å². The van der Waals surface area contributed by atoms with Gasteiger partial charge in [0.15, 0.2) is 11.5 Å². The third-order valence-electron chi connectivity index (χ3n) is 3.31. The molecule has 0 saturated heterocycles. The summed E-state index contributed by atoms with van der Waals surface area (Å²) in [4.78, 5) is 11.0. The van der Waals surface area contributed by atoms with E-state index in [1.807, 2.05) is 24.3 Å². The summed E-state index contributed by atoms with van der Waals surface area (Å²) < 4.78 is 15.9. The van der Waals surface area contributed by atoms with Crippen molar-refractivity contribution < 1.29 is 24.1 Å². The summed E-state index contributed by atoms with van der Waals surface area (Å²) >= 11 is 0. The van der Waals surface area contributed by atoms with Gasteiger partial charge in [-0.3, -0.25) is 4.79 Å². The average molecular weight is 298 g/mol. The van der Waals surface area contributed by atoms with Crippen molar-refractivity contribution in [2.24, 2.45) is 0 Å². The molecule has 0 aromatic heterocycles. The second-order valence-electron chi connectivity index (χ2n) is 4.77. The van der Waals surface area contributed by atoms with E-state index in [2.05, 4.69) is 11.8 Å². The van der Waals surface area contributed by atoms with Crippen molar-refractivity contribution in [3.05, 3.63) is 35.4 Å². The zero-order valence-corrected chi connectivity index (χ0v) is 12.0. The van der Waals surface area contributed by atoms with E-state index in [1.54, 1.807) is 0 Å². The first-order chi connectivity index (χ1) is 10.7. The van der Waals surface area contributed by atoms with Crippen LogP contribution < -0.4 is 9.47 Å². The average Bonchev–Trinajstić information content (AvgIpc) is 2.99. The summed E-state index contributed by atoms with van der Waals surface area (Å²) in [5.41, 5.74) is 1.47. The fourth-order valence-electron chi connectivity index (χ4n) is 2.34. The van der Waals surface area contributed by atoms with E-state index in [9.17, 15) is 4.79 Å². The number of aliphatic hydroxyl groups excluding tert-OH is 1. The number of fused-ring (bicyclic) bond motifs is 3. The molecule has 2 aromatic rings. The Hall–Kier alpha value is -2.71. The topological polar surface area (TPSA) is 65.0 Å². The molecule has 0 atom stereocenters. The van der Waals surface area contributed by atoms with Crippen LogP contribution in [0.2, 0.25) is 0 Å². The van der Waals surface area contributed by atoms with Crippen molar-refractivity contribution in [2.45, 2.75) is 13.5 Å². The second-order valence-corrected chi connectivity index (χ2v) is 4.77. The molecule has 1 heterocycles. The molecule has 1 N–H and O–H groups in total. The van der Waals surface area contributed by atoms with Crippen LogP contribution in [0.1, 0.15) is 18.1 Å². The predicted octanol–water partition coefficient (Wildman–Crippen LogP) is 1.98. The van der Waals surface area contributed by atoms with Crippen molar-refractivity contribution in [3.8, 4) is 23.3 Å². The van der Waals surface area contributed by atoms with Gasteiger partial charge in [0.2, 0.25) is 6.79 Å². The number of hydrogen-bond acceptors (Lipinski definition) is 5. The Morgan fingerprint density at radius 1 is 1.36 bits per heavy atom. The summed E-state index contributed by atoms with van der Waals surface area (Å²) in [7, 11) is 0. The van der Waals surface area contributed by atoms with Gasteiger partial charge in [-0.2, -0.15) is 0 Å². The maximum absolute atomic E-state index is 11.0. The summed E-state index contributed by atoms with van der Waals surface area (Å²) in [5, 5.41) is 10.7. The monoisotopic (exact) mass is 298 g/mol. The Bertz CT molecular complexity index is 798. The molecular formula is C17H14O5. The molecule has 1 aliphatic rings. The molecular weight excluding hydrogens is 284 g/mol. The van der Waals surface area contributed by atoms with Crippen molar-refractivity contribution >= 4 is 16.7 Å².